The minimum absolute atomic E-state index is 0.0202. The average Bonchev–Trinajstić information content (AvgIpc) is 3.21. The van der Waals surface area contributed by atoms with Crippen molar-refractivity contribution in [1.82, 2.24) is 4.90 Å². The van der Waals surface area contributed by atoms with Crippen molar-refractivity contribution in [3.8, 4) is 0 Å². The topological polar surface area (TPSA) is 45.5 Å². The summed E-state index contributed by atoms with van der Waals surface area (Å²) in [6.45, 7) is 2.51. The average molecular weight is 324 g/mol. The monoisotopic (exact) mass is 324 g/mol. The van der Waals surface area contributed by atoms with Gasteiger partial charge in [-0.1, -0.05) is 12.1 Å². The largest absolute Gasteiger partial charge is 0.467 e. The van der Waals surface area contributed by atoms with E-state index in [9.17, 15) is 4.79 Å². The first kappa shape index (κ1) is 14.1. The number of nitrogens with one attached hydrogen (secondary N) is 1. The molecular formula is C18H16N2O2S. The highest BCUT2D eigenvalue weighted by Gasteiger charge is 2.33. The van der Waals surface area contributed by atoms with Crippen LogP contribution < -0.4 is 5.32 Å². The van der Waals surface area contributed by atoms with Gasteiger partial charge in [0, 0.05) is 15.4 Å². The Morgan fingerprint density at radius 3 is 2.78 bits per heavy atom. The molecule has 1 N–H and O–H groups in total. The third-order valence-corrected chi connectivity index (χ3v) is 5.01. The highest BCUT2D eigenvalue weighted by molar-refractivity contribution is 7.12. The number of para-hydroxylation sites is 1. The molecule has 0 saturated carbocycles. The molecule has 116 valence electrons. The molecule has 1 aliphatic rings. The molecular weight excluding hydrogens is 308 g/mol. The van der Waals surface area contributed by atoms with Crippen molar-refractivity contribution in [3.05, 3.63) is 75.9 Å². The zero-order chi connectivity index (χ0) is 15.8. The van der Waals surface area contributed by atoms with E-state index < -0.39 is 0 Å². The highest BCUT2D eigenvalue weighted by Crippen LogP contribution is 2.36. The van der Waals surface area contributed by atoms with Crippen molar-refractivity contribution in [3.63, 3.8) is 0 Å². The van der Waals surface area contributed by atoms with Crippen LogP contribution in [0, 0.1) is 6.92 Å². The number of amides is 1. The fraction of sp³-hybridized carbons (Fsp3) is 0.167. The number of hydrogen-bond acceptors (Lipinski definition) is 4. The van der Waals surface area contributed by atoms with Gasteiger partial charge < -0.3 is 14.6 Å². The molecule has 0 radical (unpaired) electrons. The van der Waals surface area contributed by atoms with Gasteiger partial charge in [-0.05, 0) is 43.3 Å². The number of hydrogen-bond donors (Lipinski definition) is 1. The molecule has 1 atom stereocenters. The van der Waals surface area contributed by atoms with Crippen LogP contribution in [0.15, 0.2) is 59.2 Å². The molecule has 5 heteroatoms. The minimum atomic E-state index is -0.179. The lowest BCUT2D eigenvalue weighted by Gasteiger charge is -2.37. The van der Waals surface area contributed by atoms with Crippen molar-refractivity contribution in [1.29, 1.82) is 0 Å². The standard InChI is InChI=1S/C18H16N2O2S/c1-12-8-9-16(23-12)17-19-15-7-3-2-6-14(15)18(21)20(17)11-13-5-4-10-22-13/h2-10,17,19H,11H2,1H3/t17-/m0/s1. The Labute approximate surface area is 138 Å². The lowest BCUT2D eigenvalue weighted by molar-refractivity contribution is 0.0654. The number of rotatable bonds is 3. The number of nitrogens with zero attached hydrogens (tertiary/aromatic N) is 1. The molecule has 0 bridgehead atoms. The van der Waals surface area contributed by atoms with Crippen molar-refractivity contribution in [2.45, 2.75) is 19.6 Å². The van der Waals surface area contributed by atoms with Crippen LogP contribution in [0.3, 0.4) is 0 Å². The lowest BCUT2D eigenvalue weighted by Crippen LogP contribution is -2.42. The molecule has 3 heterocycles. The molecule has 3 aromatic rings. The van der Waals surface area contributed by atoms with Crippen LogP contribution in [0.5, 0.6) is 0 Å². The summed E-state index contributed by atoms with van der Waals surface area (Å²) >= 11 is 1.70. The predicted octanol–water partition coefficient (Wildman–Crippen LogP) is 4.42. The van der Waals surface area contributed by atoms with E-state index in [4.69, 9.17) is 4.42 Å². The quantitative estimate of drug-likeness (QED) is 0.776. The summed E-state index contributed by atoms with van der Waals surface area (Å²) in [7, 11) is 0. The zero-order valence-electron chi connectivity index (χ0n) is 12.7. The second kappa shape index (κ2) is 5.59. The summed E-state index contributed by atoms with van der Waals surface area (Å²) in [4.78, 5) is 17.2. The first-order valence-electron chi connectivity index (χ1n) is 7.47. The van der Waals surface area contributed by atoms with Crippen molar-refractivity contribution in [2.24, 2.45) is 0 Å². The van der Waals surface area contributed by atoms with E-state index in [2.05, 4.69) is 24.4 Å². The summed E-state index contributed by atoms with van der Waals surface area (Å²) in [6, 6.07) is 15.5. The van der Waals surface area contributed by atoms with Gasteiger partial charge in [-0.2, -0.15) is 0 Å². The van der Waals surface area contributed by atoms with Crippen LogP contribution in [0.1, 0.15) is 32.0 Å². The van der Waals surface area contributed by atoms with Crippen LogP contribution in [-0.2, 0) is 6.54 Å². The molecule has 1 aromatic carbocycles. The van der Waals surface area contributed by atoms with Crippen LogP contribution in [-0.4, -0.2) is 10.8 Å². The minimum Gasteiger partial charge on any atom is -0.467 e. The second-order valence-corrected chi connectivity index (χ2v) is 6.87. The molecule has 1 amide bonds. The highest BCUT2D eigenvalue weighted by atomic mass is 32.1. The maximum absolute atomic E-state index is 13.0. The van der Waals surface area contributed by atoms with Crippen LogP contribution >= 0.6 is 11.3 Å². The molecule has 4 nitrogen and oxygen atoms in total. The predicted molar refractivity (Wildman–Crippen MR) is 90.4 cm³/mol. The van der Waals surface area contributed by atoms with E-state index in [-0.39, 0.29) is 12.1 Å². The number of anilines is 1. The smallest absolute Gasteiger partial charge is 0.258 e. The molecule has 2 aromatic heterocycles. The summed E-state index contributed by atoms with van der Waals surface area (Å²) in [5.74, 6) is 0.796. The number of aryl methyl sites for hydroxylation is 1. The lowest BCUT2D eigenvalue weighted by atomic mass is 10.1. The van der Waals surface area contributed by atoms with Gasteiger partial charge in [0.15, 0.2) is 0 Å². The number of carbonyl (C=O) groups excluding carboxylic acids is 1. The SMILES string of the molecule is Cc1ccc([C@H]2Nc3ccccc3C(=O)N2Cc2ccco2)s1. The van der Waals surface area contributed by atoms with Gasteiger partial charge in [0.05, 0.1) is 18.4 Å². The normalized spacial score (nSPS) is 17.0. The molecule has 0 unspecified atom stereocenters. The molecule has 0 spiro atoms. The zero-order valence-corrected chi connectivity index (χ0v) is 13.5. The van der Waals surface area contributed by atoms with Crippen LogP contribution in [0.4, 0.5) is 5.69 Å². The maximum Gasteiger partial charge on any atom is 0.258 e. The Morgan fingerprint density at radius 2 is 2.04 bits per heavy atom. The third kappa shape index (κ3) is 2.53. The Bertz CT molecular complexity index is 838. The first-order valence-corrected chi connectivity index (χ1v) is 8.29. The first-order chi connectivity index (χ1) is 11.2. The van der Waals surface area contributed by atoms with Crippen LogP contribution in [0.2, 0.25) is 0 Å². The van der Waals surface area contributed by atoms with E-state index >= 15 is 0 Å². The Hall–Kier alpha value is -2.53. The molecule has 0 aliphatic carbocycles. The summed E-state index contributed by atoms with van der Waals surface area (Å²) in [6.07, 6.45) is 1.45. The van der Waals surface area contributed by atoms with Crippen molar-refractivity contribution < 1.29 is 9.21 Å². The third-order valence-electron chi connectivity index (χ3n) is 3.96. The van der Waals surface area contributed by atoms with Gasteiger partial charge in [0.1, 0.15) is 11.9 Å². The van der Waals surface area contributed by atoms with Crippen LogP contribution in [0.25, 0.3) is 0 Å². The van der Waals surface area contributed by atoms with Crippen molar-refractivity contribution in [2.75, 3.05) is 5.32 Å². The van der Waals surface area contributed by atoms with E-state index in [0.717, 1.165) is 16.3 Å². The fourth-order valence-electron chi connectivity index (χ4n) is 2.85. The molecule has 0 fully saturated rings. The summed E-state index contributed by atoms with van der Waals surface area (Å²) in [5, 5.41) is 3.49. The Balaban J connectivity index is 1.76. The number of furan rings is 1. The van der Waals surface area contributed by atoms with E-state index in [1.807, 2.05) is 41.3 Å². The van der Waals surface area contributed by atoms with E-state index in [1.165, 1.54) is 4.88 Å². The number of fused-ring (bicyclic) bond motifs is 1. The van der Waals surface area contributed by atoms with Gasteiger partial charge in [-0.25, -0.2) is 0 Å². The van der Waals surface area contributed by atoms with E-state index in [1.54, 1.807) is 17.6 Å². The fourth-order valence-corrected chi connectivity index (χ4v) is 3.79. The number of thiophene rings is 1. The number of benzene rings is 1. The molecule has 1 aliphatic heterocycles. The molecule has 23 heavy (non-hydrogen) atoms. The Kier molecular flexibility index (Phi) is 3.42. The molecule has 4 rings (SSSR count). The van der Waals surface area contributed by atoms with Gasteiger partial charge in [-0.15, -0.1) is 11.3 Å². The summed E-state index contributed by atoms with van der Waals surface area (Å²) < 4.78 is 5.44. The van der Waals surface area contributed by atoms with Gasteiger partial charge in [0.2, 0.25) is 0 Å². The van der Waals surface area contributed by atoms with Gasteiger partial charge >= 0.3 is 0 Å². The van der Waals surface area contributed by atoms with Gasteiger partial charge in [0.25, 0.3) is 5.91 Å². The Morgan fingerprint density at radius 1 is 1.17 bits per heavy atom. The molecule has 0 saturated heterocycles. The second-order valence-electron chi connectivity index (χ2n) is 5.55. The maximum atomic E-state index is 13.0. The number of carbonyl (C=O) groups is 1. The summed E-state index contributed by atoms with van der Waals surface area (Å²) in [5.41, 5.74) is 1.58. The van der Waals surface area contributed by atoms with Crippen molar-refractivity contribution >= 4 is 22.9 Å². The van der Waals surface area contributed by atoms with E-state index in [0.29, 0.717) is 12.1 Å². The van der Waals surface area contributed by atoms with Gasteiger partial charge in [-0.3, -0.25) is 4.79 Å².